The van der Waals surface area contributed by atoms with Gasteiger partial charge in [0.2, 0.25) is 0 Å². The second kappa shape index (κ2) is 6.65. The standard InChI is InChI=1S/C10H15NO2.ClH/c1-2-3-4-9(11)10-6-5-8(7-12)13-10;/h2,5-6,9,12H,1,3-4,7,11H2;1H/t9-;/m0./s1. The van der Waals surface area contributed by atoms with Gasteiger partial charge in [0, 0.05) is 0 Å². The first-order valence-electron chi connectivity index (χ1n) is 4.34. The Hall–Kier alpha value is -0.770. The molecule has 0 radical (unpaired) electrons. The van der Waals surface area contributed by atoms with Crippen LogP contribution in [0.25, 0.3) is 0 Å². The third-order valence-electron chi connectivity index (χ3n) is 1.89. The maximum Gasteiger partial charge on any atom is 0.129 e. The molecular formula is C10H16ClNO2. The van der Waals surface area contributed by atoms with Gasteiger partial charge in [-0.25, -0.2) is 0 Å². The van der Waals surface area contributed by atoms with E-state index < -0.39 is 0 Å². The van der Waals surface area contributed by atoms with Crippen LogP contribution in [-0.4, -0.2) is 5.11 Å². The fraction of sp³-hybridized carbons (Fsp3) is 0.400. The fourth-order valence-electron chi connectivity index (χ4n) is 1.12. The number of furan rings is 1. The van der Waals surface area contributed by atoms with Crippen molar-refractivity contribution < 1.29 is 9.52 Å². The Morgan fingerprint density at radius 2 is 2.29 bits per heavy atom. The van der Waals surface area contributed by atoms with Crippen molar-refractivity contribution >= 4 is 12.4 Å². The SMILES string of the molecule is C=CCC[C@H](N)c1ccc(CO)o1.Cl. The van der Waals surface area contributed by atoms with Crippen molar-refractivity contribution in [2.24, 2.45) is 5.73 Å². The molecule has 1 heterocycles. The molecule has 0 unspecified atom stereocenters. The Labute approximate surface area is 90.0 Å². The highest BCUT2D eigenvalue weighted by Crippen LogP contribution is 2.18. The highest BCUT2D eigenvalue weighted by Gasteiger charge is 2.09. The molecule has 0 aliphatic rings. The number of halogens is 1. The summed E-state index contributed by atoms with van der Waals surface area (Å²) < 4.78 is 5.28. The molecule has 0 aliphatic carbocycles. The summed E-state index contributed by atoms with van der Waals surface area (Å²) in [6.45, 7) is 3.55. The van der Waals surface area contributed by atoms with Crippen LogP contribution in [0.4, 0.5) is 0 Å². The highest BCUT2D eigenvalue weighted by atomic mass is 35.5. The van der Waals surface area contributed by atoms with E-state index in [0.717, 1.165) is 18.6 Å². The van der Waals surface area contributed by atoms with E-state index >= 15 is 0 Å². The molecule has 4 heteroatoms. The molecule has 0 saturated carbocycles. The lowest BCUT2D eigenvalue weighted by Gasteiger charge is -2.05. The van der Waals surface area contributed by atoms with Crippen molar-refractivity contribution in [1.82, 2.24) is 0 Å². The highest BCUT2D eigenvalue weighted by molar-refractivity contribution is 5.85. The molecular weight excluding hydrogens is 202 g/mol. The largest absolute Gasteiger partial charge is 0.462 e. The quantitative estimate of drug-likeness (QED) is 0.744. The lowest BCUT2D eigenvalue weighted by molar-refractivity contribution is 0.241. The maximum absolute atomic E-state index is 8.76. The average molecular weight is 218 g/mol. The van der Waals surface area contributed by atoms with E-state index in [0.29, 0.717) is 5.76 Å². The van der Waals surface area contributed by atoms with Crippen LogP contribution in [0.1, 0.15) is 30.4 Å². The summed E-state index contributed by atoms with van der Waals surface area (Å²) in [5, 5.41) is 8.76. The van der Waals surface area contributed by atoms with Gasteiger partial charge in [-0.2, -0.15) is 0 Å². The summed E-state index contributed by atoms with van der Waals surface area (Å²) in [5.74, 6) is 1.29. The fourth-order valence-corrected chi connectivity index (χ4v) is 1.12. The first-order chi connectivity index (χ1) is 6.27. The summed E-state index contributed by atoms with van der Waals surface area (Å²) in [7, 11) is 0. The monoisotopic (exact) mass is 217 g/mol. The zero-order valence-corrected chi connectivity index (χ0v) is 8.80. The van der Waals surface area contributed by atoms with Crippen molar-refractivity contribution in [2.45, 2.75) is 25.5 Å². The van der Waals surface area contributed by atoms with Gasteiger partial charge < -0.3 is 15.3 Å². The summed E-state index contributed by atoms with van der Waals surface area (Å²) in [6, 6.07) is 3.45. The molecule has 1 aromatic rings. The van der Waals surface area contributed by atoms with Crippen LogP contribution >= 0.6 is 12.4 Å². The molecule has 0 aliphatic heterocycles. The molecule has 0 saturated heterocycles. The summed E-state index contributed by atoms with van der Waals surface area (Å²) in [6.07, 6.45) is 3.52. The van der Waals surface area contributed by atoms with Crippen LogP contribution < -0.4 is 5.73 Å². The van der Waals surface area contributed by atoms with E-state index in [4.69, 9.17) is 15.3 Å². The number of hydrogen-bond donors (Lipinski definition) is 2. The molecule has 80 valence electrons. The molecule has 0 amide bonds. The Morgan fingerprint density at radius 1 is 1.57 bits per heavy atom. The van der Waals surface area contributed by atoms with Gasteiger partial charge in [0.1, 0.15) is 18.1 Å². The topological polar surface area (TPSA) is 59.4 Å². The predicted molar refractivity (Wildman–Crippen MR) is 58.2 cm³/mol. The van der Waals surface area contributed by atoms with Crippen LogP contribution in [0.15, 0.2) is 29.2 Å². The molecule has 0 bridgehead atoms. The molecule has 1 rings (SSSR count). The minimum Gasteiger partial charge on any atom is -0.462 e. The van der Waals surface area contributed by atoms with E-state index in [9.17, 15) is 0 Å². The minimum atomic E-state index is -0.0988. The number of hydrogen-bond acceptors (Lipinski definition) is 3. The van der Waals surface area contributed by atoms with Crippen molar-refractivity contribution in [3.63, 3.8) is 0 Å². The van der Waals surface area contributed by atoms with Crippen LogP contribution in [0.2, 0.25) is 0 Å². The lowest BCUT2D eigenvalue weighted by atomic mass is 10.1. The molecule has 0 fully saturated rings. The molecule has 14 heavy (non-hydrogen) atoms. The molecule has 1 atom stereocenters. The van der Waals surface area contributed by atoms with Crippen molar-refractivity contribution in [3.05, 3.63) is 36.3 Å². The zero-order valence-electron chi connectivity index (χ0n) is 7.98. The summed E-state index contributed by atoms with van der Waals surface area (Å²) in [5.41, 5.74) is 5.83. The number of nitrogens with two attached hydrogens (primary N) is 1. The Morgan fingerprint density at radius 3 is 2.79 bits per heavy atom. The van der Waals surface area contributed by atoms with Gasteiger partial charge in [0.25, 0.3) is 0 Å². The first-order valence-corrected chi connectivity index (χ1v) is 4.34. The van der Waals surface area contributed by atoms with Crippen LogP contribution in [0.3, 0.4) is 0 Å². The Bertz CT molecular complexity index is 273. The number of aliphatic hydroxyl groups excluding tert-OH is 1. The van der Waals surface area contributed by atoms with E-state index in [1.54, 1.807) is 12.1 Å². The van der Waals surface area contributed by atoms with E-state index in [1.165, 1.54) is 0 Å². The van der Waals surface area contributed by atoms with Gasteiger partial charge in [-0.1, -0.05) is 6.08 Å². The van der Waals surface area contributed by atoms with Gasteiger partial charge >= 0.3 is 0 Å². The molecule has 3 nitrogen and oxygen atoms in total. The second-order valence-electron chi connectivity index (χ2n) is 2.93. The van der Waals surface area contributed by atoms with Crippen molar-refractivity contribution in [1.29, 1.82) is 0 Å². The third-order valence-corrected chi connectivity index (χ3v) is 1.89. The van der Waals surface area contributed by atoms with Gasteiger partial charge in [-0.3, -0.25) is 0 Å². The Balaban J connectivity index is 0.00000169. The molecule has 0 aromatic carbocycles. The zero-order chi connectivity index (χ0) is 9.68. The maximum atomic E-state index is 8.76. The van der Waals surface area contributed by atoms with Crippen molar-refractivity contribution in [2.75, 3.05) is 0 Å². The van der Waals surface area contributed by atoms with E-state index in [2.05, 4.69) is 6.58 Å². The Kier molecular flexibility index (Phi) is 6.28. The second-order valence-corrected chi connectivity index (χ2v) is 2.93. The number of rotatable bonds is 5. The van der Waals surface area contributed by atoms with Gasteiger partial charge in [0.05, 0.1) is 6.04 Å². The third kappa shape index (κ3) is 3.54. The normalized spacial score (nSPS) is 11.9. The van der Waals surface area contributed by atoms with Gasteiger partial charge in [-0.05, 0) is 25.0 Å². The summed E-state index contributed by atoms with van der Waals surface area (Å²) in [4.78, 5) is 0. The molecule has 1 aromatic heterocycles. The average Bonchev–Trinajstić information content (AvgIpc) is 2.62. The van der Waals surface area contributed by atoms with E-state index in [-0.39, 0.29) is 25.1 Å². The molecule has 3 N–H and O–H groups in total. The smallest absolute Gasteiger partial charge is 0.129 e. The predicted octanol–water partition coefficient (Wildman–Crippen LogP) is 2.16. The van der Waals surface area contributed by atoms with E-state index in [1.807, 2.05) is 6.08 Å². The van der Waals surface area contributed by atoms with Gasteiger partial charge in [0.15, 0.2) is 0 Å². The number of allylic oxidation sites excluding steroid dienone is 1. The lowest BCUT2D eigenvalue weighted by Crippen LogP contribution is -2.08. The van der Waals surface area contributed by atoms with Crippen LogP contribution in [0.5, 0.6) is 0 Å². The van der Waals surface area contributed by atoms with Crippen LogP contribution in [0, 0.1) is 0 Å². The minimum absolute atomic E-state index is 0. The van der Waals surface area contributed by atoms with Gasteiger partial charge in [-0.15, -0.1) is 19.0 Å². The first kappa shape index (κ1) is 13.2. The van der Waals surface area contributed by atoms with Crippen molar-refractivity contribution in [3.8, 4) is 0 Å². The van der Waals surface area contributed by atoms with Crippen LogP contribution in [-0.2, 0) is 6.61 Å². The molecule has 0 spiro atoms. The summed E-state index contributed by atoms with van der Waals surface area (Å²) >= 11 is 0. The number of aliphatic hydroxyl groups is 1.